The number of methoxy groups -OCH3 is 3. The third kappa shape index (κ3) is 6.49. The minimum Gasteiger partial charge on any atom is -0.493 e. The van der Waals surface area contributed by atoms with Crippen molar-refractivity contribution >= 4 is 18.1 Å². The highest BCUT2D eigenvalue weighted by atomic mass is 16.5. The van der Waals surface area contributed by atoms with Crippen LogP contribution in [0.5, 0.6) is 28.7 Å². The number of para-hydroxylation sites is 2. The molecule has 0 unspecified atom stereocenters. The summed E-state index contributed by atoms with van der Waals surface area (Å²) >= 11 is 0. The van der Waals surface area contributed by atoms with E-state index in [0.717, 1.165) is 0 Å². The van der Waals surface area contributed by atoms with Gasteiger partial charge in [-0.05, 0) is 60.2 Å². The Labute approximate surface area is 196 Å². The van der Waals surface area contributed by atoms with E-state index in [1.165, 1.54) is 27.5 Å². The van der Waals surface area contributed by atoms with Crippen LogP contribution in [0.2, 0.25) is 0 Å². The molecule has 3 aromatic rings. The number of hydrogen-bond donors (Lipinski definition) is 1. The first-order chi connectivity index (χ1) is 16.5. The standard InChI is InChI=1S/C25H24N2O7/c1-30-20-6-4-5-7-22(20)33-16-24(28)27-26-15-17-8-11-19(12-9-17)34-25(29)18-10-13-21(31-2)23(14-18)32-3/h4-15H,16H2,1-3H3,(H,27,28). The predicted molar refractivity (Wildman–Crippen MR) is 125 cm³/mol. The Balaban J connectivity index is 1.50. The van der Waals surface area contributed by atoms with Crippen molar-refractivity contribution in [1.29, 1.82) is 0 Å². The second-order valence-corrected chi connectivity index (χ2v) is 6.76. The summed E-state index contributed by atoms with van der Waals surface area (Å²) in [5, 5.41) is 3.90. The summed E-state index contributed by atoms with van der Waals surface area (Å²) in [6, 6.07) is 18.4. The van der Waals surface area contributed by atoms with Crippen LogP contribution in [0.1, 0.15) is 15.9 Å². The van der Waals surface area contributed by atoms with E-state index in [-0.39, 0.29) is 6.61 Å². The van der Waals surface area contributed by atoms with Gasteiger partial charge in [0.15, 0.2) is 29.6 Å². The fourth-order valence-electron chi connectivity index (χ4n) is 2.84. The van der Waals surface area contributed by atoms with E-state index in [9.17, 15) is 9.59 Å². The topological polar surface area (TPSA) is 105 Å². The molecule has 0 saturated heterocycles. The molecule has 9 heteroatoms. The van der Waals surface area contributed by atoms with Crippen molar-refractivity contribution < 1.29 is 33.3 Å². The van der Waals surface area contributed by atoms with Crippen LogP contribution < -0.4 is 29.1 Å². The van der Waals surface area contributed by atoms with E-state index in [4.69, 9.17) is 23.7 Å². The van der Waals surface area contributed by atoms with Gasteiger partial charge in [0.25, 0.3) is 5.91 Å². The van der Waals surface area contributed by atoms with E-state index in [0.29, 0.717) is 39.9 Å². The molecule has 0 fully saturated rings. The largest absolute Gasteiger partial charge is 0.493 e. The summed E-state index contributed by atoms with van der Waals surface area (Å²) in [6.45, 7) is -0.219. The van der Waals surface area contributed by atoms with Gasteiger partial charge in [-0.3, -0.25) is 4.79 Å². The first kappa shape index (κ1) is 24.1. The Morgan fingerprint density at radius 3 is 2.15 bits per heavy atom. The number of nitrogens with zero attached hydrogens (tertiary/aromatic N) is 1. The molecule has 0 atom stereocenters. The number of rotatable bonds is 10. The van der Waals surface area contributed by atoms with Crippen molar-refractivity contribution in [3.63, 3.8) is 0 Å². The highest BCUT2D eigenvalue weighted by molar-refractivity contribution is 5.92. The molecule has 176 valence electrons. The number of hydrazone groups is 1. The molecule has 0 saturated carbocycles. The van der Waals surface area contributed by atoms with Crippen LogP contribution in [0.15, 0.2) is 71.8 Å². The molecular formula is C25H24N2O7. The number of benzene rings is 3. The maximum absolute atomic E-state index is 12.4. The van der Waals surface area contributed by atoms with Gasteiger partial charge in [0.2, 0.25) is 0 Å². The van der Waals surface area contributed by atoms with Crippen LogP contribution in [-0.2, 0) is 4.79 Å². The molecule has 1 N–H and O–H groups in total. The lowest BCUT2D eigenvalue weighted by molar-refractivity contribution is -0.123. The Hall–Kier alpha value is -4.53. The first-order valence-electron chi connectivity index (χ1n) is 10.2. The lowest BCUT2D eigenvalue weighted by atomic mass is 10.2. The Bertz CT molecular complexity index is 1160. The average molecular weight is 464 g/mol. The lowest BCUT2D eigenvalue weighted by Gasteiger charge is -2.09. The van der Waals surface area contributed by atoms with E-state index in [2.05, 4.69) is 10.5 Å². The van der Waals surface area contributed by atoms with Crippen LogP contribution in [-0.4, -0.2) is 46.0 Å². The molecular weight excluding hydrogens is 440 g/mol. The number of ether oxygens (including phenoxy) is 5. The molecule has 0 aliphatic carbocycles. The van der Waals surface area contributed by atoms with Crippen LogP contribution in [0, 0.1) is 0 Å². The van der Waals surface area contributed by atoms with Crippen molar-refractivity contribution in [3.05, 3.63) is 77.9 Å². The molecule has 3 aromatic carbocycles. The van der Waals surface area contributed by atoms with Gasteiger partial charge in [0.1, 0.15) is 5.75 Å². The molecule has 3 rings (SSSR count). The minimum absolute atomic E-state index is 0.219. The average Bonchev–Trinajstić information content (AvgIpc) is 2.88. The van der Waals surface area contributed by atoms with E-state index in [1.54, 1.807) is 66.7 Å². The van der Waals surface area contributed by atoms with Gasteiger partial charge in [0, 0.05) is 0 Å². The molecule has 0 aliphatic rings. The highest BCUT2D eigenvalue weighted by Crippen LogP contribution is 2.28. The Morgan fingerprint density at radius 1 is 0.824 bits per heavy atom. The second kappa shape index (κ2) is 11.9. The van der Waals surface area contributed by atoms with Crippen molar-refractivity contribution in [2.24, 2.45) is 5.10 Å². The summed E-state index contributed by atoms with van der Waals surface area (Å²) in [5.41, 5.74) is 3.40. The van der Waals surface area contributed by atoms with Crippen LogP contribution >= 0.6 is 0 Å². The van der Waals surface area contributed by atoms with Crippen molar-refractivity contribution in [3.8, 4) is 28.7 Å². The summed E-state index contributed by atoms with van der Waals surface area (Å²) in [5.74, 6) is 1.33. The van der Waals surface area contributed by atoms with Crippen LogP contribution in [0.3, 0.4) is 0 Å². The normalized spacial score (nSPS) is 10.4. The summed E-state index contributed by atoms with van der Waals surface area (Å²) in [6.07, 6.45) is 1.46. The van der Waals surface area contributed by atoms with E-state index < -0.39 is 11.9 Å². The van der Waals surface area contributed by atoms with Gasteiger partial charge >= 0.3 is 5.97 Å². The molecule has 0 aliphatic heterocycles. The quantitative estimate of drug-likeness (QED) is 0.212. The predicted octanol–water partition coefficient (Wildman–Crippen LogP) is 3.46. The smallest absolute Gasteiger partial charge is 0.343 e. The van der Waals surface area contributed by atoms with Crippen molar-refractivity contribution in [1.82, 2.24) is 5.43 Å². The molecule has 0 bridgehead atoms. The molecule has 0 spiro atoms. The van der Waals surface area contributed by atoms with Crippen molar-refractivity contribution in [2.45, 2.75) is 0 Å². The summed E-state index contributed by atoms with van der Waals surface area (Å²) in [7, 11) is 4.53. The zero-order valence-electron chi connectivity index (χ0n) is 18.9. The molecule has 0 aromatic heterocycles. The van der Waals surface area contributed by atoms with Gasteiger partial charge in [-0.15, -0.1) is 0 Å². The summed E-state index contributed by atoms with van der Waals surface area (Å²) < 4.78 is 26.4. The van der Waals surface area contributed by atoms with E-state index >= 15 is 0 Å². The van der Waals surface area contributed by atoms with Crippen LogP contribution in [0.4, 0.5) is 0 Å². The van der Waals surface area contributed by atoms with Gasteiger partial charge in [-0.1, -0.05) is 12.1 Å². The van der Waals surface area contributed by atoms with E-state index in [1.807, 2.05) is 0 Å². The van der Waals surface area contributed by atoms with Crippen LogP contribution in [0.25, 0.3) is 0 Å². The second-order valence-electron chi connectivity index (χ2n) is 6.76. The number of hydrogen-bond acceptors (Lipinski definition) is 8. The minimum atomic E-state index is -0.537. The number of amides is 1. The maximum atomic E-state index is 12.4. The number of carbonyl (C=O) groups is 2. The molecule has 34 heavy (non-hydrogen) atoms. The number of esters is 1. The fraction of sp³-hybridized carbons (Fsp3) is 0.160. The number of carbonyl (C=O) groups excluding carboxylic acids is 2. The van der Waals surface area contributed by atoms with Gasteiger partial charge in [0.05, 0.1) is 33.1 Å². The molecule has 0 heterocycles. The SMILES string of the molecule is COc1ccc(C(=O)Oc2ccc(C=NNC(=O)COc3ccccc3OC)cc2)cc1OC. The molecule has 9 nitrogen and oxygen atoms in total. The third-order valence-electron chi connectivity index (χ3n) is 4.54. The third-order valence-corrected chi connectivity index (χ3v) is 4.54. The van der Waals surface area contributed by atoms with Gasteiger partial charge in [-0.2, -0.15) is 5.10 Å². The highest BCUT2D eigenvalue weighted by Gasteiger charge is 2.13. The maximum Gasteiger partial charge on any atom is 0.343 e. The monoisotopic (exact) mass is 464 g/mol. The zero-order valence-corrected chi connectivity index (χ0v) is 18.9. The van der Waals surface area contributed by atoms with Gasteiger partial charge < -0.3 is 23.7 Å². The zero-order chi connectivity index (χ0) is 24.3. The Kier molecular flexibility index (Phi) is 8.45. The first-order valence-corrected chi connectivity index (χ1v) is 10.2. The Morgan fingerprint density at radius 2 is 1.47 bits per heavy atom. The summed E-state index contributed by atoms with van der Waals surface area (Å²) in [4.78, 5) is 24.3. The fourth-order valence-corrected chi connectivity index (χ4v) is 2.84. The number of nitrogens with one attached hydrogen (secondary N) is 1. The molecule has 0 radical (unpaired) electrons. The van der Waals surface area contributed by atoms with Gasteiger partial charge in [-0.25, -0.2) is 10.2 Å². The molecule has 1 amide bonds. The lowest BCUT2D eigenvalue weighted by Crippen LogP contribution is -2.24. The van der Waals surface area contributed by atoms with Crippen molar-refractivity contribution in [2.75, 3.05) is 27.9 Å².